The molecule has 2 aromatic rings. The van der Waals surface area contributed by atoms with E-state index in [4.69, 9.17) is 11.5 Å². The molecule has 0 aliphatic carbocycles. The zero-order valence-corrected chi connectivity index (χ0v) is 15.3. The lowest BCUT2D eigenvalue weighted by Crippen LogP contribution is -2.24. The maximum atomic E-state index is 13.1. The number of hydrogen-bond donors (Lipinski definition) is 2. The van der Waals surface area contributed by atoms with Gasteiger partial charge in [-0.25, -0.2) is 12.8 Å². The molecule has 7 nitrogen and oxygen atoms in total. The van der Waals surface area contributed by atoms with Crippen molar-refractivity contribution >= 4 is 33.1 Å². The van der Waals surface area contributed by atoms with Crippen LogP contribution in [0, 0.1) is 12.7 Å². The van der Waals surface area contributed by atoms with E-state index in [1.54, 1.807) is 24.9 Å². The van der Waals surface area contributed by atoms with Crippen molar-refractivity contribution in [2.24, 2.45) is 16.5 Å². The van der Waals surface area contributed by atoms with Gasteiger partial charge in [0.25, 0.3) is 5.91 Å². The molecule has 0 aliphatic rings. The predicted octanol–water partition coefficient (Wildman–Crippen LogP) is 1.72. The fourth-order valence-electron chi connectivity index (χ4n) is 2.44. The first-order valence-electron chi connectivity index (χ1n) is 7.48. The number of benzene rings is 2. The first-order chi connectivity index (χ1) is 12.0. The van der Waals surface area contributed by atoms with Crippen LogP contribution < -0.4 is 16.4 Å². The van der Waals surface area contributed by atoms with Crippen molar-refractivity contribution in [1.82, 2.24) is 0 Å². The Morgan fingerprint density at radius 3 is 2.23 bits per heavy atom. The van der Waals surface area contributed by atoms with Gasteiger partial charge < -0.3 is 16.4 Å². The first-order valence-corrected chi connectivity index (χ1v) is 9.38. The zero-order valence-electron chi connectivity index (χ0n) is 14.5. The maximum Gasteiger partial charge on any atom is 0.280 e. The van der Waals surface area contributed by atoms with E-state index in [0.717, 1.165) is 6.26 Å². The number of halogens is 1. The van der Waals surface area contributed by atoms with Crippen LogP contribution in [0.2, 0.25) is 0 Å². The predicted molar refractivity (Wildman–Crippen MR) is 98.9 cm³/mol. The van der Waals surface area contributed by atoms with Gasteiger partial charge >= 0.3 is 0 Å². The van der Waals surface area contributed by atoms with Crippen LogP contribution >= 0.6 is 0 Å². The number of nitrogens with zero attached hydrogens (tertiary/aromatic N) is 2. The summed E-state index contributed by atoms with van der Waals surface area (Å²) in [5, 5.41) is 0. The summed E-state index contributed by atoms with van der Waals surface area (Å²) >= 11 is 0. The van der Waals surface area contributed by atoms with Gasteiger partial charge in [0, 0.05) is 24.6 Å². The number of carbonyl (C=O) groups excluding carboxylic acids is 1. The molecule has 9 heteroatoms. The summed E-state index contributed by atoms with van der Waals surface area (Å²) in [6.07, 6.45) is 1.04. The lowest BCUT2D eigenvalue weighted by Gasteiger charge is -2.23. The Labute approximate surface area is 151 Å². The van der Waals surface area contributed by atoms with Crippen LogP contribution in [0.3, 0.4) is 0 Å². The van der Waals surface area contributed by atoms with Gasteiger partial charge in [-0.2, -0.15) is 4.99 Å². The number of nitrogens with two attached hydrogens (primary N) is 2. The topological polar surface area (TPSA) is 119 Å². The molecule has 0 bridgehead atoms. The van der Waals surface area contributed by atoms with Crippen LogP contribution in [0.15, 0.2) is 46.3 Å². The fraction of sp³-hybridized carbons (Fsp3) is 0.176. The van der Waals surface area contributed by atoms with E-state index in [1.165, 1.54) is 30.3 Å². The molecule has 0 saturated heterocycles. The summed E-state index contributed by atoms with van der Waals surface area (Å²) < 4.78 is 37.7. The van der Waals surface area contributed by atoms with E-state index in [2.05, 4.69) is 4.99 Å². The second-order valence-electron chi connectivity index (χ2n) is 5.78. The van der Waals surface area contributed by atoms with Crippen molar-refractivity contribution in [2.45, 2.75) is 11.8 Å². The highest BCUT2D eigenvalue weighted by Gasteiger charge is 2.22. The van der Waals surface area contributed by atoms with Crippen molar-refractivity contribution in [3.05, 3.63) is 53.3 Å². The third-order valence-corrected chi connectivity index (χ3v) is 4.87. The molecular weight excluding hydrogens is 359 g/mol. The van der Waals surface area contributed by atoms with Crippen LogP contribution in [-0.2, 0) is 9.84 Å². The molecular formula is C17H19FN4O3S. The number of guanidine groups is 1. The second-order valence-corrected chi connectivity index (χ2v) is 7.77. The van der Waals surface area contributed by atoms with Crippen molar-refractivity contribution in [1.29, 1.82) is 0 Å². The minimum absolute atomic E-state index is 0.0657. The Hall–Kier alpha value is -2.94. The molecule has 0 unspecified atom stereocenters. The molecule has 2 rings (SSSR count). The molecule has 0 aromatic heterocycles. The number of amides is 1. The van der Waals surface area contributed by atoms with E-state index >= 15 is 0 Å². The van der Waals surface area contributed by atoms with E-state index in [9.17, 15) is 17.6 Å². The molecule has 0 saturated carbocycles. The van der Waals surface area contributed by atoms with Gasteiger partial charge in [0.2, 0.25) is 0 Å². The fourth-order valence-corrected chi connectivity index (χ4v) is 3.35. The summed E-state index contributed by atoms with van der Waals surface area (Å²) in [6.45, 7) is 1.64. The average molecular weight is 378 g/mol. The summed E-state index contributed by atoms with van der Waals surface area (Å²) in [4.78, 5) is 17.1. The van der Waals surface area contributed by atoms with Gasteiger partial charge in [-0.05, 0) is 48.9 Å². The number of sulfone groups is 1. The molecule has 0 atom stereocenters. The molecule has 4 N–H and O–H groups in total. The lowest BCUT2D eigenvalue weighted by atomic mass is 10.1. The van der Waals surface area contributed by atoms with Crippen molar-refractivity contribution in [3.8, 4) is 0 Å². The number of carbonyl (C=O) groups is 1. The Balaban J connectivity index is 2.66. The van der Waals surface area contributed by atoms with Crippen LogP contribution in [0.25, 0.3) is 0 Å². The Morgan fingerprint density at radius 2 is 1.73 bits per heavy atom. The van der Waals surface area contributed by atoms with Gasteiger partial charge in [-0.3, -0.25) is 4.79 Å². The second kappa shape index (κ2) is 7.12. The largest absolute Gasteiger partial charge is 0.370 e. The first kappa shape index (κ1) is 19.4. The lowest BCUT2D eigenvalue weighted by molar-refractivity contribution is 0.100. The minimum Gasteiger partial charge on any atom is -0.370 e. The molecule has 26 heavy (non-hydrogen) atoms. The molecule has 0 fully saturated rings. The highest BCUT2D eigenvalue weighted by molar-refractivity contribution is 7.90. The molecule has 0 spiro atoms. The number of anilines is 2. The Kier molecular flexibility index (Phi) is 5.31. The number of aliphatic imine (C=N–C) groups is 1. The highest BCUT2D eigenvalue weighted by Crippen LogP contribution is 2.33. The summed E-state index contributed by atoms with van der Waals surface area (Å²) in [5.74, 6) is -1.55. The molecule has 1 amide bonds. The van der Waals surface area contributed by atoms with Gasteiger partial charge in [0.1, 0.15) is 5.82 Å². The van der Waals surface area contributed by atoms with Crippen LogP contribution in [0.4, 0.5) is 15.8 Å². The number of rotatable bonds is 4. The van der Waals surface area contributed by atoms with Crippen LogP contribution in [-0.4, -0.2) is 33.6 Å². The molecule has 138 valence electrons. The zero-order chi connectivity index (χ0) is 19.6. The monoisotopic (exact) mass is 378 g/mol. The Morgan fingerprint density at radius 1 is 1.15 bits per heavy atom. The van der Waals surface area contributed by atoms with Gasteiger partial charge in [0.05, 0.1) is 10.6 Å². The Bertz CT molecular complexity index is 982. The van der Waals surface area contributed by atoms with Gasteiger partial charge in [-0.1, -0.05) is 0 Å². The standard InChI is InChI=1S/C17H19FN4O3S/c1-10-8-14(22(2)12-6-4-11(18)5-7-12)15(26(3,24)25)9-13(10)16(23)21-17(19)20/h4-9H,1-3H3,(H4,19,20,21,23). The smallest absolute Gasteiger partial charge is 0.280 e. The van der Waals surface area contributed by atoms with Crippen LogP contribution in [0.5, 0.6) is 0 Å². The third kappa shape index (κ3) is 4.17. The summed E-state index contributed by atoms with van der Waals surface area (Å²) in [6, 6.07) is 8.39. The van der Waals surface area contributed by atoms with Crippen molar-refractivity contribution in [2.75, 3.05) is 18.2 Å². The van der Waals surface area contributed by atoms with Crippen LogP contribution in [0.1, 0.15) is 15.9 Å². The number of aryl methyl sites for hydroxylation is 1. The summed E-state index contributed by atoms with van der Waals surface area (Å²) in [7, 11) is -2.03. The average Bonchev–Trinajstić information content (AvgIpc) is 2.52. The minimum atomic E-state index is -3.67. The maximum absolute atomic E-state index is 13.1. The quantitative estimate of drug-likeness (QED) is 0.618. The van der Waals surface area contributed by atoms with Gasteiger partial charge in [0.15, 0.2) is 15.8 Å². The van der Waals surface area contributed by atoms with Crippen molar-refractivity contribution in [3.63, 3.8) is 0 Å². The van der Waals surface area contributed by atoms with E-state index < -0.39 is 27.5 Å². The summed E-state index contributed by atoms with van der Waals surface area (Å²) in [5.41, 5.74) is 11.9. The molecule has 0 aliphatic heterocycles. The van der Waals surface area contributed by atoms with Gasteiger partial charge in [-0.15, -0.1) is 0 Å². The SMILES string of the molecule is Cc1cc(N(C)c2ccc(F)cc2)c(S(C)(=O)=O)cc1C(=O)N=C(N)N. The molecule has 2 aromatic carbocycles. The molecule has 0 heterocycles. The van der Waals surface area contributed by atoms with E-state index in [0.29, 0.717) is 16.9 Å². The normalized spacial score (nSPS) is 11.1. The van der Waals surface area contributed by atoms with E-state index in [1.807, 2.05) is 0 Å². The number of hydrogen-bond acceptors (Lipinski definition) is 4. The van der Waals surface area contributed by atoms with Crippen molar-refractivity contribution < 1.29 is 17.6 Å². The third-order valence-electron chi connectivity index (χ3n) is 3.74. The van der Waals surface area contributed by atoms with E-state index in [-0.39, 0.29) is 10.5 Å². The highest BCUT2D eigenvalue weighted by atomic mass is 32.2. The molecule has 0 radical (unpaired) electrons.